The Hall–Kier alpha value is -2.55. The Bertz CT molecular complexity index is 689. The molecule has 0 spiro atoms. The van der Waals surface area contributed by atoms with E-state index in [2.05, 4.69) is 38.1 Å². The molecule has 0 aromatic heterocycles. The second-order valence-corrected chi connectivity index (χ2v) is 5.68. The molecule has 0 aliphatic carbocycles. The van der Waals surface area contributed by atoms with Crippen LogP contribution in [-0.2, 0) is 0 Å². The lowest BCUT2D eigenvalue weighted by Crippen LogP contribution is -1.85. The molecule has 0 atom stereocenters. The molecule has 3 rings (SSSR count). The average molecular weight is 344 g/mol. The van der Waals surface area contributed by atoms with Crippen LogP contribution in [-0.4, -0.2) is 0 Å². The Morgan fingerprint density at radius 2 is 0.800 bits per heavy atom. The molecule has 0 N–H and O–H groups in total. The zero-order chi connectivity index (χ0) is 18.8. The van der Waals surface area contributed by atoms with Crippen LogP contribution in [0.3, 0.4) is 0 Å². The van der Waals surface area contributed by atoms with Crippen molar-refractivity contribution in [2.75, 3.05) is 0 Å². The molecule has 0 aliphatic rings. The number of benzene rings is 3. The van der Waals surface area contributed by atoms with Crippen LogP contribution in [0.2, 0.25) is 0 Å². The van der Waals surface area contributed by atoms with E-state index in [0.29, 0.717) is 5.56 Å². The Morgan fingerprint density at radius 1 is 0.440 bits per heavy atom. The van der Waals surface area contributed by atoms with E-state index in [1.165, 1.54) is 42.3 Å². The molecule has 0 aliphatic heterocycles. The van der Waals surface area contributed by atoms with Crippen LogP contribution >= 0.6 is 0 Å². The van der Waals surface area contributed by atoms with Gasteiger partial charge in [-0.1, -0.05) is 48.5 Å². The summed E-state index contributed by atoms with van der Waals surface area (Å²) in [4.78, 5) is 0. The fourth-order valence-electron chi connectivity index (χ4n) is 1.79. The Kier molecular flexibility index (Phi) is 8.48. The minimum atomic E-state index is -0.491. The first-order valence-corrected chi connectivity index (χ1v) is 7.97. The normalized spacial score (nSPS) is 9.40. The zero-order valence-corrected chi connectivity index (χ0v) is 15.0. The third kappa shape index (κ3) is 7.25. The van der Waals surface area contributed by atoms with Crippen molar-refractivity contribution in [3.8, 4) is 0 Å². The van der Waals surface area contributed by atoms with Crippen LogP contribution in [0, 0.1) is 45.1 Å². The molecule has 0 heterocycles. The molecule has 0 fully saturated rings. The van der Waals surface area contributed by atoms with E-state index >= 15 is 0 Å². The van der Waals surface area contributed by atoms with Crippen molar-refractivity contribution in [1.82, 2.24) is 0 Å². The van der Waals surface area contributed by atoms with Gasteiger partial charge in [0, 0.05) is 5.56 Å². The topological polar surface area (TPSA) is 0 Å². The standard InChI is InChI=1S/C8H10.C7H6F2.C7H7F/c1-7-5-3-4-6-8(7)2;1-5-6(8)3-2-4-7(5)9;1-6-4-2-3-5-7(6)8/h3-6H,1-2H3;2-4H,1H3;2-5H,1H3. The molecule has 0 amide bonds. The van der Waals surface area contributed by atoms with Gasteiger partial charge in [0.15, 0.2) is 0 Å². The number of hydrogen-bond donors (Lipinski definition) is 0. The fourth-order valence-corrected chi connectivity index (χ4v) is 1.79. The van der Waals surface area contributed by atoms with Crippen molar-refractivity contribution < 1.29 is 13.2 Å². The van der Waals surface area contributed by atoms with E-state index in [-0.39, 0.29) is 11.4 Å². The SMILES string of the molecule is Cc1c(F)cccc1F.Cc1ccccc1C.Cc1ccccc1F. The number of hydrogen-bond acceptors (Lipinski definition) is 0. The number of rotatable bonds is 0. The van der Waals surface area contributed by atoms with Crippen LogP contribution in [0.5, 0.6) is 0 Å². The first-order chi connectivity index (χ1) is 11.8. The largest absolute Gasteiger partial charge is 0.207 e. The quantitative estimate of drug-likeness (QED) is 0.425. The molecule has 0 radical (unpaired) electrons. The maximum absolute atomic E-state index is 12.3. The first kappa shape index (κ1) is 20.5. The van der Waals surface area contributed by atoms with Gasteiger partial charge < -0.3 is 0 Å². The average Bonchev–Trinajstić information content (AvgIpc) is 2.59. The van der Waals surface area contributed by atoms with Crippen LogP contribution < -0.4 is 0 Å². The summed E-state index contributed by atoms with van der Waals surface area (Å²) in [6.07, 6.45) is 0. The maximum atomic E-state index is 12.3. The highest BCUT2D eigenvalue weighted by Crippen LogP contribution is 2.08. The van der Waals surface area contributed by atoms with Crippen LogP contribution in [0.1, 0.15) is 22.3 Å². The van der Waals surface area contributed by atoms with Crippen molar-refractivity contribution in [2.24, 2.45) is 0 Å². The summed E-state index contributed by atoms with van der Waals surface area (Å²) in [5, 5.41) is 0. The van der Waals surface area contributed by atoms with Gasteiger partial charge in [-0.3, -0.25) is 0 Å². The molecule has 0 bridgehead atoms. The molecule has 0 saturated carbocycles. The molecular formula is C22H23F3. The summed E-state index contributed by atoms with van der Waals surface area (Å²) in [6, 6.07) is 18.9. The van der Waals surface area contributed by atoms with Crippen molar-refractivity contribution in [2.45, 2.75) is 27.7 Å². The predicted octanol–water partition coefficient (Wildman–Crippen LogP) is 6.71. The van der Waals surface area contributed by atoms with Gasteiger partial charge in [0.25, 0.3) is 0 Å². The van der Waals surface area contributed by atoms with Crippen molar-refractivity contribution in [3.63, 3.8) is 0 Å². The summed E-state index contributed by atoms with van der Waals surface area (Å²) in [5.41, 5.74) is 3.52. The van der Waals surface area contributed by atoms with E-state index in [1.807, 2.05) is 6.07 Å². The Labute approximate surface area is 148 Å². The summed E-state index contributed by atoms with van der Waals surface area (Å²) in [6.45, 7) is 7.39. The summed E-state index contributed by atoms with van der Waals surface area (Å²) in [7, 11) is 0. The Balaban J connectivity index is 0.000000188. The molecule has 0 nitrogen and oxygen atoms in total. The van der Waals surface area contributed by atoms with Gasteiger partial charge in [-0.2, -0.15) is 0 Å². The third-order valence-electron chi connectivity index (χ3n) is 3.70. The van der Waals surface area contributed by atoms with Crippen molar-refractivity contribution in [3.05, 3.63) is 106 Å². The summed E-state index contributed by atoms with van der Waals surface area (Å²) < 4.78 is 37.0. The molecular weight excluding hydrogens is 321 g/mol. The Morgan fingerprint density at radius 3 is 1.08 bits per heavy atom. The van der Waals surface area contributed by atoms with Crippen molar-refractivity contribution >= 4 is 0 Å². The second kappa shape index (κ2) is 10.3. The highest BCUT2D eigenvalue weighted by molar-refractivity contribution is 5.23. The third-order valence-corrected chi connectivity index (χ3v) is 3.70. The minimum Gasteiger partial charge on any atom is -0.207 e. The lowest BCUT2D eigenvalue weighted by Gasteiger charge is -1.94. The van der Waals surface area contributed by atoms with Crippen LogP contribution in [0.4, 0.5) is 13.2 Å². The van der Waals surface area contributed by atoms with Crippen LogP contribution in [0.15, 0.2) is 66.7 Å². The molecule has 0 unspecified atom stereocenters. The van der Waals surface area contributed by atoms with Crippen LogP contribution in [0.25, 0.3) is 0 Å². The molecule has 0 saturated heterocycles. The minimum absolute atomic E-state index is 0.0810. The molecule has 25 heavy (non-hydrogen) atoms. The second-order valence-electron chi connectivity index (χ2n) is 5.68. The van der Waals surface area contributed by atoms with Gasteiger partial charge in [-0.15, -0.1) is 0 Å². The van der Waals surface area contributed by atoms with E-state index < -0.39 is 11.6 Å². The fraction of sp³-hybridized carbons (Fsp3) is 0.182. The highest BCUT2D eigenvalue weighted by atomic mass is 19.1. The van der Waals surface area contributed by atoms with Gasteiger partial charge in [0.05, 0.1) is 0 Å². The predicted molar refractivity (Wildman–Crippen MR) is 98.1 cm³/mol. The van der Waals surface area contributed by atoms with E-state index in [4.69, 9.17) is 0 Å². The monoisotopic (exact) mass is 344 g/mol. The molecule has 3 heteroatoms. The molecule has 3 aromatic carbocycles. The van der Waals surface area contributed by atoms with Gasteiger partial charge in [0.1, 0.15) is 17.5 Å². The highest BCUT2D eigenvalue weighted by Gasteiger charge is 1.99. The smallest absolute Gasteiger partial charge is 0.129 e. The van der Waals surface area contributed by atoms with Gasteiger partial charge in [-0.25, -0.2) is 13.2 Å². The number of halogens is 3. The van der Waals surface area contributed by atoms with E-state index in [9.17, 15) is 13.2 Å². The van der Waals surface area contributed by atoms with Crippen molar-refractivity contribution in [1.29, 1.82) is 0 Å². The summed E-state index contributed by atoms with van der Waals surface area (Å²) in [5.74, 6) is -1.11. The zero-order valence-electron chi connectivity index (χ0n) is 15.0. The van der Waals surface area contributed by atoms with Gasteiger partial charge >= 0.3 is 0 Å². The van der Waals surface area contributed by atoms with E-state index in [0.717, 1.165) is 0 Å². The lowest BCUT2D eigenvalue weighted by atomic mass is 10.1. The molecule has 132 valence electrons. The summed E-state index contributed by atoms with van der Waals surface area (Å²) >= 11 is 0. The first-order valence-electron chi connectivity index (χ1n) is 7.97. The number of aryl methyl sites for hydroxylation is 3. The maximum Gasteiger partial charge on any atom is 0.129 e. The van der Waals surface area contributed by atoms with Gasteiger partial charge in [-0.05, 0) is 62.6 Å². The lowest BCUT2D eigenvalue weighted by molar-refractivity contribution is 0.568. The van der Waals surface area contributed by atoms with Gasteiger partial charge in [0.2, 0.25) is 0 Å². The van der Waals surface area contributed by atoms with E-state index in [1.54, 1.807) is 19.1 Å². The molecule has 3 aromatic rings.